The predicted molar refractivity (Wildman–Crippen MR) is 81.8 cm³/mol. The van der Waals surface area contributed by atoms with Crippen LogP contribution in [0.25, 0.3) is 0 Å². The van der Waals surface area contributed by atoms with Crippen LogP contribution in [0.4, 0.5) is 0 Å². The normalized spacial score (nSPS) is 11.1. The summed E-state index contributed by atoms with van der Waals surface area (Å²) >= 11 is 0. The molecule has 0 spiro atoms. The molecule has 1 heteroatoms. The summed E-state index contributed by atoms with van der Waals surface area (Å²) in [5, 5.41) is 0. The molecule has 0 aromatic heterocycles. The van der Waals surface area contributed by atoms with E-state index in [0.29, 0.717) is 5.57 Å². The van der Waals surface area contributed by atoms with Crippen molar-refractivity contribution in [3.63, 3.8) is 0 Å². The van der Waals surface area contributed by atoms with Gasteiger partial charge in [0.25, 0.3) is 0 Å². The van der Waals surface area contributed by atoms with Gasteiger partial charge in [-0.2, -0.15) is 0 Å². The fraction of sp³-hybridized carbons (Fsp3) is 0.158. The molecule has 0 fully saturated rings. The van der Waals surface area contributed by atoms with Crippen LogP contribution in [0.15, 0.2) is 72.8 Å². The quantitative estimate of drug-likeness (QED) is 0.716. The van der Waals surface area contributed by atoms with Crippen LogP contribution in [-0.4, -0.2) is 0 Å². The topological polar surface area (TPSA) is 19.9 Å². The zero-order chi connectivity index (χ0) is 14.6. The van der Waals surface area contributed by atoms with E-state index >= 15 is 0 Å². The molecule has 1 nitrogen and oxygen atoms in total. The second-order valence-corrected chi connectivity index (χ2v) is 5.31. The van der Waals surface area contributed by atoms with Gasteiger partial charge in [-0.05, 0) is 0 Å². The number of allylic oxidation sites excluding steroid dienone is 1. The average molecular weight is 262 g/mol. The first-order chi connectivity index (χ1) is 9.57. The Kier molecular flexibility index (Phi) is 4.24. The Morgan fingerprint density at radius 3 is 1.65 bits per heavy atom. The molecule has 0 aliphatic carbocycles. The van der Waals surface area contributed by atoms with Gasteiger partial charge < -0.3 is 0 Å². The van der Waals surface area contributed by atoms with E-state index in [1.807, 2.05) is 56.4 Å². The monoisotopic (exact) mass is 262 g/mol. The molecule has 0 bridgehead atoms. The predicted octanol–water partition coefficient (Wildman–Crippen LogP) is 4.63. The molecule has 2 rings (SSSR count). The van der Waals surface area contributed by atoms with E-state index in [0.717, 1.165) is 17.0 Å². The van der Waals surface area contributed by atoms with Gasteiger partial charge in [-0.25, -0.2) is 0 Å². The Morgan fingerprint density at radius 1 is 0.900 bits per heavy atom. The van der Waals surface area contributed by atoms with E-state index in [9.17, 15) is 4.65 Å². The molecule has 0 aliphatic rings. The van der Waals surface area contributed by atoms with Crippen molar-refractivity contribution in [3.8, 4) is 6.15 Å². The molecule has 2 aromatic carbocycles. The fourth-order valence-corrected chi connectivity index (χ4v) is 2.38. The third-order valence-electron chi connectivity index (χ3n) is 3.63. The van der Waals surface area contributed by atoms with Crippen molar-refractivity contribution in [1.82, 2.24) is 0 Å². The Hall–Kier alpha value is -2.08. The van der Waals surface area contributed by atoms with Gasteiger partial charge in [0.2, 0.25) is 0 Å². The Morgan fingerprint density at radius 2 is 1.30 bits per heavy atom. The average Bonchev–Trinajstić information content (AvgIpc) is 2.48. The van der Waals surface area contributed by atoms with E-state index in [4.69, 9.17) is 0 Å². The van der Waals surface area contributed by atoms with Gasteiger partial charge in [0.15, 0.2) is 0 Å². The summed E-state index contributed by atoms with van der Waals surface area (Å²) in [5.41, 5.74) is 2.19. The first-order valence-corrected chi connectivity index (χ1v) is 6.63. The van der Waals surface area contributed by atoms with Gasteiger partial charge in [-0.1, -0.05) is 0 Å². The molecule has 0 saturated heterocycles. The SMILES string of the molecule is C=C(C#[O+])C(C)(C)[C](c1ccccc1)c1ccccc1. The number of hydrogen-bond acceptors (Lipinski definition) is 0. The Labute approximate surface area is 120 Å². The van der Waals surface area contributed by atoms with Gasteiger partial charge in [0.05, 0.1) is 0 Å². The van der Waals surface area contributed by atoms with E-state index in [1.165, 1.54) is 0 Å². The van der Waals surface area contributed by atoms with E-state index in [2.05, 4.69) is 30.8 Å². The van der Waals surface area contributed by atoms with Crippen molar-refractivity contribution in [2.45, 2.75) is 13.8 Å². The summed E-state index contributed by atoms with van der Waals surface area (Å²) in [6.45, 7) is 7.89. The first kappa shape index (κ1) is 14.3. The molecule has 0 unspecified atom stereocenters. The molecule has 0 atom stereocenters. The van der Waals surface area contributed by atoms with Crippen LogP contribution in [0.5, 0.6) is 0 Å². The van der Waals surface area contributed by atoms with Crippen LogP contribution in [-0.2, 0) is 4.65 Å². The van der Waals surface area contributed by atoms with Crippen molar-refractivity contribution < 1.29 is 4.65 Å². The molecule has 20 heavy (non-hydrogen) atoms. The minimum absolute atomic E-state index is 0.459. The van der Waals surface area contributed by atoms with E-state index < -0.39 is 5.41 Å². The van der Waals surface area contributed by atoms with Crippen LogP contribution >= 0.6 is 0 Å². The van der Waals surface area contributed by atoms with Crippen molar-refractivity contribution >= 4 is 0 Å². The zero-order valence-electron chi connectivity index (χ0n) is 11.9. The van der Waals surface area contributed by atoms with E-state index in [1.54, 1.807) is 0 Å². The summed E-state index contributed by atoms with van der Waals surface area (Å²) in [5.74, 6) is 1.09. The van der Waals surface area contributed by atoms with Crippen LogP contribution < -0.4 is 0 Å². The zero-order valence-corrected chi connectivity index (χ0v) is 11.9. The van der Waals surface area contributed by atoms with Crippen molar-refractivity contribution in [3.05, 3.63) is 89.9 Å². The summed E-state index contributed by atoms with van der Waals surface area (Å²) in [6.07, 6.45) is 1.96. The third kappa shape index (κ3) is 2.75. The molecular weight excluding hydrogens is 244 g/mol. The molecule has 1 radical (unpaired) electrons. The van der Waals surface area contributed by atoms with Gasteiger partial charge in [0.1, 0.15) is 0 Å². The second-order valence-electron chi connectivity index (χ2n) is 5.31. The summed E-state index contributed by atoms with van der Waals surface area (Å²) in [6, 6.07) is 20.2. The molecule has 0 saturated carbocycles. The van der Waals surface area contributed by atoms with Crippen molar-refractivity contribution in [2.24, 2.45) is 5.41 Å². The van der Waals surface area contributed by atoms with E-state index in [-0.39, 0.29) is 0 Å². The molecule has 99 valence electrons. The van der Waals surface area contributed by atoms with Crippen LogP contribution in [0.2, 0.25) is 0 Å². The maximum atomic E-state index is 11.1. The van der Waals surface area contributed by atoms with Gasteiger partial charge >= 0.3 is 120 Å². The third-order valence-corrected chi connectivity index (χ3v) is 3.63. The van der Waals surface area contributed by atoms with Crippen LogP contribution in [0, 0.1) is 17.5 Å². The number of benzene rings is 2. The molecule has 0 heterocycles. The van der Waals surface area contributed by atoms with Gasteiger partial charge in [0, 0.05) is 0 Å². The molecular formula is C19H18O+. The summed E-state index contributed by atoms with van der Waals surface area (Å²) < 4.78 is 11.1. The molecule has 0 amide bonds. The second kappa shape index (κ2) is 5.92. The maximum absolute atomic E-state index is 11.1. The molecule has 2 aromatic rings. The number of rotatable bonds is 4. The van der Waals surface area contributed by atoms with Crippen molar-refractivity contribution in [1.29, 1.82) is 0 Å². The molecule has 0 N–H and O–H groups in total. The molecule has 0 aliphatic heterocycles. The number of hydrogen-bond donors (Lipinski definition) is 0. The van der Waals surface area contributed by atoms with Crippen molar-refractivity contribution in [2.75, 3.05) is 0 Å². The minimum atomic E-state index is -0.468. The first-order valence-electron chi connectivity index (χ1n) is 6.63. The Balaban J connectivity index is 2.57. The van der Waals surface area contributed by atoms with Crippen LogP contribution in [0.1, 0.15) is 25.0 Å². The Bertz CT molecular complexity index is 578. The fourth-order valence-electron chi connectivity index (χ4n) is 2.38. The summed E-state index contributed by atoms with van der Waals surface area (Å²) in [7, 11) is 0. The van der Waals surface area contributed by atoms with Crippen LogP contribution in [0.3, 0.4) is 0 Å². The van der Waals surface area contributed by atoms with Gasteiger partial charge in [-0.15, -0.1) is 0 Å². The standard InChI is InChI=1S/C19H18O/c1-15(14-20)19(2,3)18(16-10-6-4-7-11-16)17-12-8-5-9-13-17/h4-13H,1H2,2-3H3/q+1. The summed E-state index contributed by atoms with van der Waals surface area (Å²) in [4.78, 5) is 0. The van der Waals surface area contributed by atoms with Gasteiger partial charge in [-0.3, -0.25) is 0 Å².